The fourth-order valence-corrected chi connectivity index (χ4v) is 5.42. The third kappa shape index (κ3) is 5.93. The van der Waals surface area contributed by atoms with Crippen molar-refractivity contribution in [2.75, 3.05) is 38.0 Å². The first-order valence-corrected chi connectivity index (χ1v) is 13.5. The molecule has 0 saturated carbocycles. The Morgan fingerprint density at radius 1 is 1.08 bits per heavy atom. The number of carbonyl (C=O) groups is 1. The average Bonchev–Trinajstić information content (AvgIpc) is 3.53. The Morgan fingerprint density at radius 3 is 2.69 bits per heavy atom. The van der Waals surface area contributed by atoms with E-state index >= 15 is 0 Å². The van der Waals surface area contributed by atoms with Crippen LogP contribution in [-0.2, 0) is 17.8 Å². The van der Waals surface area contributed by atoms with E-state index in [-0.39, 0.29) is 5.91 Å². The molecule has 1 saturated heterocycles. The molecule has 1 amide bonds. The summed E-state index contributed by atoms with van der Waals surface area (Å²) >= 11 is 1.60. The molecule has 0 bridgehead atoms. The summed E-state index contributed by atoms with van der Waals surface area (Å²) in [5, 5.41) is 13.7. The van der Waals surface area contributed by atoms with E-state index in [1.807, 2.05) is 42.6 Å². The van der Waals surface area contributed by atoms with Crippen molar-refractivity contribution in [3.05, 3.63) is 81.2 Å². The van der Waals surface area contributed by atoms with Gasteiger partial charge in [0.2, 0.25) is 5.91 Å². The number of nitrogens with zero attached hydrogens (tertiary/aromatic N) is 3. The summed E-state index contributed by atoms with van der Waals surface area (Å²) in [6.45, 7) is 10.9. The number of carbonyl (C=O) groups excluding carboxylic acids is 1. The lowest BCUT2D eigenvalue weighted by molar-refractivity contribution is -0.115. The molecule has 2 aromatic heterocycles. The molecule has 0 radical (unpaired) electrons. The van der Waals surface area contributed by atoms with Crippen molar-refractivity contribution in [1.29, 1.82) is 0 Å². The van der Waals surface area contributed by atoms with Crippen LogP contribution in [0.5, 0.6) is 0 Å². The lowest BCUT2D eigenvalue weighted by Gasteiger charge is -2.34. The molecular weight excluding hydrogens is 466 g/mol. The SMILES string of the molecule is CCN1CCN(Cc2cccc(C=Cc3n[nH]c4cc(C)c(NC(=O)Cc5cccs5)cc34)c2)CC1. The predicted molar refractivity (Wildman–Crippen MR) is 150 cm³/mol. The fourth-order valence-electron chi connectivity index (χ4n) is 4.71. The van der Waals surface area contributed by atoms with Crippen LogP contribution < -0.4 is 5.32 Å². The molecule has 36 heavy (non-hydrogen) atoms. The van der Waals surface area contributed by atoms with Crippen LogP contribution in [0.1, 0.15) is 34.2 Å². The van der Waals surface area contributed by atoms with Crippen LogP contribution in [0.2, 0.25) is 0 Å². The number of hydrogen-bond acceptors (Lipinski definition) is 5. The molecule has 2 aromatic carbocycles. The van der Waals surface area contributed by atoms with E-state index in [0.717, 1.165) is 77.6 Å². The van der Waals surface area contributed by atoms with E-state index in [2.05, 4.69) is 62.6 Å². The molecule has 1 fully saturated rings. The Morgan fingerprint density at radius 2 is 1.92 bits per heavy atom. The highest BCUT2D eigenvalue weighted by molar-refractivity contribution is 7.10. The predicted octanol–water partition coefficient (Wildman–Crippen LogP) is 5.42. The van der Waals surface area contributed by atoms with Crippen molar-refractivity contribution in [2.24, 2.45) is 0 Å². The van der Waals surface area contributed by atoms with E-state index in [4.69, 9.17) is 0 Å². The van der Waals surface area contributed by atoms with E-state index in [1.54, 1.807) is 11.3 Å². The number of nitrogens with one attached hydrogen (secondary N) is 2. The highest BCUT2D eigenvalue weighted by atomic mass is 32.1. The van der Waals surface area contributed by atoms with Crippen LogP contribution in [0.3, 0.4) is 0 Å². The number of rotatable bonds is 8. The van der Waals surface area contributed by atoms with Crippen molar-refractivity contribution in [3.63, 3.8) is 0 Å². The summed E-state index contributed by atoms with van der Waals surface area (Å²) < 4.78 is 0. The first-order valence-electron chi connectivity index (χ1n) is 12.6. The molecule has 186 valence electrons. The first kappa shape index (κ1) is 24.4. The number of benzene rings is 2. The second kappa shape index (κ2) is 11.2. The van der Waals surface area contributed by atoms with Gasteiger partial charge in [0.1, 0.15) is 0 Å². The summed E-state index contributed by atoms with van der Waals surface area (Å²) in [6, 6.07) is 16.7. The Hall–Kier alpha value is -3.26. The van der Waals surface area contributed by atoms with Crippen LogP contribution in [-0.4, -0.2) is 58.6 Å². The number of aromatic amines is 1. The summed E-state index contributed by atoms with van der Waals surface area (Å²) in [4.78, 5) is 18.7. The van der Waals surface area contributed by atoms with Gasteiger partial charge in [-0.1, -0.05) is 43.3 Å². The topological polar surface area (TPSA) is 64.3 Å². The molecule has 1 aliphatic heterocycles. The number of fused-ring (bicyclic) bond motifs is 1. The van der Waals surface area contributed by atoms with Gasteiger partial charge in [-0.3, -0.25) is 14.8 Å². The van der Waals surface area contributed by atoms with Crippen LogP contribution >= 0.6 is 11.3 Å². The Balaban J connectivity index is 1.28. The van der Waals surface area contributed by atoms with Crippen LogP contribution in [0.25, 0.3) is 23.1 Å². The quantitative estimate of drug-likeness (QED) is 0.340. The van der Waals surface area contributed by atoms with Gasteiger partial charge in [0.25, 0.3) is 0 Å². The Kier molecular flexibility index (Phi) is 7.60. The number of anilines is 1. The van der Waals surface area contributed by atoms with Gasteiger partial charge in [0, 0.05) is 48.7 Å². The zero-order valence-corrected chi connectivity index (χ0v) is 21.8. The molecule has 7 heteroatoms. The second-order valence-electron chi connectivity index (χ2n) is 9.41. The van der Waals surface area contributed by atoms with Gasteiger partial charge in [-0.05, 0) is 59.8 Å². The minimum absolute atomic E-state index is 0.00610. The van der Waals surface area contributed by atoms with Crippen molar-refractivity contribution < 1.29 is 4.79 Å². The van der Waals surface area contributed by atoms with Gasteiger partial charge in [-0.2, -0.15) is 5.10 Å². The number of hydrogen-bond donors (Lipinski definition) is 2. The number of thiophene rings is 1. The van der Waals surface area contributed by atoms with E-state index < -0.39 is 0 Å². The molecule has 3 heterocycles. The molecule has 4 aromatic rings. The molecule has 0 aliphatic carbocycles. The standard InChI is InChI=1S/C29H33N5OS/c1-3-33-11-13-34(14-12-33)20-23-7-4-6-22(17-23)9-10-26-25-19-27(21(2)16-28(25)32-31-26)30-29(35)18-24-8-5-15-36-24/h4-10,15-17,19H,3,11-14,18,20H2,1-2H3,(H,30,35)(H,31,32). The van der Waals surface area contributed by atoms with Gasteiger partial charge in [0.05, 0.1) is 17.6 Å². The lowest BCUT2D eigenvalue weighted by Crippen LogP contribution is -2.45. The number of piperazine rings is 1. The smallest absolute Gasteiger partial charge is 0.229 e. The molecule has 5 rings (SSSR count). The van der Waals surface area contributed by atoms with Gasteiger partial charge in [-0.25, -0.2) is 0 Å². The van der Waals surface area contributed by atoms with Gasteiger partial charge in [-0.15, -0.1) is 11.3 Å². The third-order valence-electron chi connectivity index (χ3n) is 6.83. The highest BCUT2D eigenvalue weighted by Gasteiger charge is 2.15. The number of amides is 1. The first-order chi connectivity index (χ1) is 17.6. The zero-order valence-electron chi connectivity index (χ0n) is 21.0. The maximum Gasteiger partial charge on any atom is 0.229 e. The molecule has 6 nitrogen and oxygen atoms in total. The van der Waals surface area contributed by atoms with Gasteiger partial charge in [0.15, 0.2) is 0 Å². The monoisotopic (exact) mass is 499 g/mol. The largest absolute Gasteiger partial charge is 0.326 e. The molecule has 2 N–H and O–H groups in total. The second-order valence-corrected chi connectivity index (χ2v) is 10.4. The van der Waals surface area contributed by atoms with E-state index in [0.29, 0.717) is 6.42 Å². The fraction of sp³-hybridized carbons (Fsp3) is 0.310. The number of aromatic nitrogens is 2. The summed E-state index contributed by atoms with van der Waals surface area (Å²) in [5.41, 5.74) is 6.15. The minimum atomic E-state index is -0.00610. The molecule has 0 atom stereocenters. The summed E-state index contributed by atoms with van der Waals surface area (Å²) in [5.74, 6) is -0.00610. The normalized spacial score (nSPS) is 15.2. The average molecular weight is 500 g/mol. The highest BCUT2D eigenvalue weighted by Crippen LogP contribution is 2.26. The molecule has 0 spiro atoms. The van der Waals surface area contributed by atoms with Crippen molar-refractivity contribution in [1.82, 2.24) is 20.0 Å². The lowest BCUT2D eigenvalue weighted by atomic mass is 10.1. The Labute approximate surface area is 216 Å². The molecule has 1 aliphatic rings. The maximum atomic E-state index is 12.6. The van der Waals surface area contributed by atoms with Gasteiger partial charge >= 0.3 is 0 Å². The van der Waals surface area contributed by atoms with Crippen molar-refractivity contribution in [3.8, 4) is 0 Å². The van der Waals surface area contributed by atoms with E-state index in [1.165, 1.54) is 5.56 Å². The number of likely N-dealkylation sites (N-methyl/N-ethyl adjacent to an activating group) is 1. The molecule has 0 unspecified atom stereocenters. The zero-order chi connectivity index (χ0) is 24.9. The minimum Gasteiger partial charge on any atom is -0.326 e. The van der Waals surface area contributed by atoms with Crippen LogP contribution in [0, 0.1) is 6.92 Å². The van der Waals surface area contributed by atoms with Crippen molar-refractivity contribution >= 4 is 46.0 Å². The third-order valence-corrected chi connectivity index (χ3v) is 7.71. The maximum absolute atomic E-state index is 12.6. The number of H-pyrrole nitrogens is 1. The summed E-state index contributed by atoms with van der Waals surface area (Å²) in [6.07, 6.45) is 4.55. The summed E-state index contributed by atoms with van der Waals surface area (Å²) in [7, 11) is 0. The van der Waals surface area contributed by atoms with E-state index in [9.17, 15) is 4.79 Å². The Bertz CT molecular complexity index is 1350. The van der Waals surface area contributed by atoms with Gasteiger partial charge < -0.3 is 10.2 Å². The number of aryl methyl sites for hydroxylation is 1. The van der Waals surface area contributed by atoms with Crippen LogP contribution in [0.15, 0.2) is 53.9 Å². The van der Waals surface area contributed by atoms with Crippen molar-refractivity contribution in [2.45, 2.75) is 26.8 Å². The van der Waals surface area contributed by atoms with Crippen LogP contribution in [0.4, 0.5) is 5.69 Å². The molecular formula is C29H33N5OS.